The Labute approximate surface area is 348 Å². The predicted molar refractivity (Wildman–Crippen MR) is 252 cm³/mol. The van der Waals surface area contributed by atoms with Crippen LogP contribution >= 0.6 is 0 Å². The standard InChI is InChI=1S/C57H39N3/c58-36-52-46-21-8-7-20-45(46)48-23-12-16-42(57(48)52)31-37-25-28-54-49(32-37)51-35-41(27-30-56(51)60(54)44-19-11-15-39(33-44)38-13-3-1-4-14-38)40-26-29-55-50(34-40)47-22-9-10-24-53(47)59(55)43-17-5-2-6-18-43/h1-30,32-36H,31,58H2/b52-36-. The molecule has 3 nitrogen and oxygen atoms in total. The minimum atomic E-state index is 0.794. The van der Waals surface area contributed by atoms with Crippen LogP contribution in [0.5, 0.6) is 0 Å². The van der Waals surface area contributed by atoms with E-state index < -0.39 is 0 Å². The minimum absolute atomic E-state index is 0.794. The zero-order chi connectivity index (χ0) is 39.7. The third kappa shape index (κ3) is 5.30. The van der Waals surface area contributed by atoms with Crippen LogP contribution in [0.25, 0.3) is 93.9 Å². The lowest BCUT2D eigenvalue weighted by atomic mass is 9.93. The van der Waals surface area contributed by atoms with E-state index in [-0.39, 0.29) is 0 Å². The SMILES string of the molecule is N/C=C1/c2ccccc2-c2cccc(Cc3ccc4c(c3)c3cc(-c5ccc6c(c5)c5ccccc5n6-c5ccccc5)ccc3n4-c3cccc(-c4ccccc4)c3)c21. The summed E-state index contributed by atoms with van der Waals surface area (Å²) in [5.41, 5.74) is 26.8. The molecule has 282 valence electrons. The van der Waals surface area contributed by atoms with Crippen LogP contribution in [0.4, 0.5) is 0 Å². The van der Waals surface area contributed by atoms with E-state index in [4.69, 9.17) is 5.73 Å². The third-order valence-electron chi connectivity index (χ3n) is 12.6. The van der Waals surface area contributed by atoms with Gasteiger partial charge in [-0.3, -0.25) is 0 Å². The lowest BCUT2D eigenvalue weighted by molar-refractivity contribution is 1.17. The number of fused-ring (bicyclic) bond motifs is 9. The summed E-state index contributed by atoms with van der Waals surface area (Å²) < 4.78 is 4.82. The molecule has 0 atom stereocenters. The van der Waals surface area contributed by atoms with Gasteiger partial charge in [-0.2, -0.15) is 0 Å². The van der Waals surface area contributed by atoms with Gasteiger partial charge in [0.25, 0.3) is 0 Å². The molecule has 3 heteroatoms. The minimum Gasteiger partial charge on any atom is -0.404 e. The molecule has 0 bridgehead atoms. The van der Waals surface area contributed by atoms with E-state index in [1.165, 1.54) is 99.2 Å². The Hall–Kier alpha value is -7.88. The summed E-state index contributed by atoms with van der Waals surface area (Å²) >= 11 is 0. The van der Waals surface area contributed by atoms with Crippen LogP contribution in [-0.2, 0) is 6.42 Å². The Morgan fingerprint density at radius 3 is 1.67 bits per heavy atom. The highest BCUT2D eigenvalue weighted by molar-refractivity contribution is 6.13. The Balaban J connectivity index is 1.04. The van der Waals surface area contributed by atoms with Crippen molar-refractivity contribution >= 4 is 49.2 Å². The summed E-state index contributed by atoms with van der Waals surface area (Å²) in [5, 5.41) is 4.97. The van der Waals surface area contributed by atoms with Crippen LogP contribution in [0.1, 0.15) is 22.3 Å². The van der Waals surface area contributed by atoms with Crippen molar-refractivity contribution in [2.45, 2.75) is 6.42 Å². The number of nitrogens with two attached hydrogens (primary N) is 1. The molecule has 2 N–H and O–H groups in total. The molecule has 12 rings (SSSR count). The molecule has 60 heavy (non-hydrogen) atoms. The van der Waals surface area contributed by atoms with E-state index in [1.807, 2.05) is 0 Å². The van der Waals surface area contributed by atoms with Gasteiger partial charge in [0, 0.05) is 44.7 Å². The Morgan fingerprint density at radius 2 is 0.900 bits per heavy atom. The van der Waals surface area contributed by atoms with Crippen molar-refractivity contribution in [2.24, 2.45) is 5.73 Å². The maximum absolute atomic E-state index is 6.35. The van der Waals surface area contributed by atoms with Crippen molar-refractivity contribution in [1.82, 2.24) is 9.13 Å². The Bertz CT molecular complexity index is 3510. The van der Waals surface area contributed by atoms with Crippen LogP contribution in [-0.4, -0.2) is 9.13 Å². The lowest BCUT2D eigenvalue weighted by Crippen LogP contribution is -1.97. The molecule has 0 radical (unpaired) electrons. The molecule has 0 amide bonds. The summed E-state index contributed by atoms with van der Waals surface area (Å²) in [6.45, 7) is 0. The number of nitrogens with zero attached hydrogens (tertiary/aromatic N) is 2. The van der Waals surface area contributed by atoms with Gasteiger partial charge in [-0.1, -0.05) is 140 Å². The molecule has 0 saturated heterocycles. The van der Waals surface area contributed by atoms with Gasteiger partial charge in [0.15, 0.2) is 0 Å². The number of para-hydroxylation sites is 2. The zero-order valence-corrected chi connectivity index (χ0v) is 32.9. The fraction of sp³-hybridized carbons (Fsp3) is 0.0175. The zero-order valence-electron chi connectivity index (χ0n) is 32.9. The monoisotopic (exact) mass is 765 g/mol. The molecule has 0 fully saturated rings. The van der Waals surface area contributed by atoms with Gasteiger partial charge >= 0.3 is 0 Å². The maximum Gasteiger partial charge on any atom is 0.0541 e. The first-order valence-corrected chi connectivity index (χ1v) is 20.7. The first-order valence-electron chi connectivity index (χ1n) is 20.7. The molecule has 9 aromatic carbocycles. The molecule has 0 unspecified atom stereocenters. The predicted octanol–water partition coefficient (Wildman–Crippen LogP) is 14.1. The maximum atomic E-state index is 6.35. The number of aromatic nitrogens is 2. The second-order valence-corrected chi connectivity index (χ2v) is 15.9. The Kier molecular flexibility index (Phi) is 7.76. The van der Waals surface area contributed by atoms with Crippen molar-refractivity contribution in [3.05, 3.63) is 235 Å². The van der Waals surface area contributed by atoms with Gasteiger partial charge < -0.3 is 14.9 Å². The summed E-state index contributed by atoms with van der Waals surface area (Å²) in [4.78, 5) is 0. The van der Waals surface area contributed by atoms with Crippen LogP contribution in [0.2, 0.25) is 0 Å². The first-order chi connectivity index (χ1) is 29.7. The van der Waals surface area contributed by atoms with Crippen LogP contribution in [0.15, 0.2) is 212 Å². The van der Waals surface area contributed by atoms with E-state index in [2.05, 4.69) is 215 Å². The summed E-state index contributed by atoms with van der Waals surface area (Å²) in [6.07, 6.45) is 2.58. The van der Waals surface area contributed by atoms with E-state index in [1.54, 1.807) is 6.20 Å². The van der Waals surface area contributed by atoms with Crippen LogP contribution in [0.3, 0.4) is 0 Å². The van der Waals surface area contributed by atoms with E-state index in [0.29, 0.717) is 0 Å². The molecule has 2 aromatic heterocycles. The van der Waals surface area contributed by atoms with E-state index in [0.717, 1.165) is 23.4 Å². The number of benzene rings is 9. The lowest BCUT2D eigenvalue weighted by Gasteiger charge is -2.12. The topological polar surface area (TPSA) is 35.9 Å². The number of hydrogen-bond donors (Lipinski definition) is 1. The second-order valence-electron chi connectivity index (χ2n) is 15.9. The molecular weight excluding hydrogens is 727 g/mol. The highest BCUT2D eigenvalue weighted by atomic mass is 15.0. The van der Waals surface area contributed by atoms with Gasteiger partial charge in [0.1, 0.15) is 0 Å². The molecule has 1 aliphatic rings. The van der Waals surface area contributed by atoms with Crippen LogP contribution in [0, 0.1) is 0 Å². The average Bonchev–Trinajstić information content (AvgIpc) is 3.95. The van der Waals surface area contributed by atoms with Gasteiger partial charge in [-0.05, 0) is 129 Å². The molecule has 1 aliphatic carbocycles. The van der Waals surface area contributed by atoms with Gasteiger partial charge in [-0.25, -0.2) is 0 Å². The molecule has 0 saturated carbocycles. The highest BCUT2D eigenvalue weighted by Crippen LogP contribution is 2.46. The van der Waals surface area contributed by atoms with Gasteiger partial charge in [0.05, 0.1) is 22.1 Å². The second kappa shape index (κ2) is 13.6. The summed E-state index contributed by atoms with van der Waals surface area (Å²) in [7, 11) is 0. The first kappa shape index (κ1) is 34.2. The smallest absolute Gasteiger partial charge is 0.0541 e. The number of hydrogen-bond acceptors (Lipinski definition) is 1. The average molecular weight is 766 g/mol. The van der Waals surface area contributed by atoms with E-state index >= 15 is 0 Å². The summed E-state index contributed by atoms with van der Waals surface area (Å²) in [6, 6.07) is 75.3. The fourth-order valence-electron chi connectivity index (χ4n) is 9.87. The van der Waals surface area contributed by atoms with Crippen molar-refractivity contribution in [3.8, 4) is 44.8 Å². The fourth-order valence-corrected chi connectivity index (χ4v) is 9.87. The molecule has 0 spiro atoms. The summed E-state index contributed by atoms with van der Waals surface area (Å²) in [5.74, 6) is 0. The number of rotatable bonds is 6. The molecule has 11 aromatic rings. The molecular formula is C57H39N3. The Morgan fingerprint density at radius 1 is 0.367 bits per heavy atom. The van der Waals surface area contributed by atoms with Crippen molar-refractivity contribution in [3.63, 3.8) is 0 Å². The van der Waals surface area contributed by atoms with Crippen molar-refractivity contribution < 1.29 is 0 Å². The third-order valence-corrected chi connectivity index (χ3v) is 12.6. The quantitative estimate of drug-likeness (QED) is 0.180. The molecule has 0 aliphatic heterocycles. The van der Waals surface area contributed by atoms with E-state index in [9.17, 15) is 0 Å². The highest BCUT2D eigenvalue weighted by Gasteiger charge is 2.25. The normalized spacial score (nSPS) is 12.8. The largest absolute Gasteiger partial charge is 0.404 e. The molecule has 2 heterocycles. The van der Waals surface area contributed by atoms with Crippen molar-refractivity contribution in [1.29, 1.82) is 0 Å². The van der Waals surface area contributed by atoms with Crippen molar-refractivity contribution in [2.75, 3.05) is 0 Å². The van der Waals surface area contributed by atoms with Gasteiger partial charge in [0.2, 0.25) is 0 Å². The van der Waals surface area contributed by atoms with Crippen LogP contribution < -0.4 is 5.73 Å². The van der Waals surface area contributed by atoms with Gasteiger partial charge in [-0.15, -0.1) is 0 Å².